The molecule has 21 heavy (non-hydrogen) atoms. The Hall–Kier alpha value is -1.06. The zero-order chi connectivity index (χ0) is 15.5. The summed E-state index contributed by atoms with van der Waals surface area (Å²) >= 11 is 0. The molecule has 2 unspecified atom stereocenters. The number of rotatable bonds is 9. The Morgan fingerprint density at radius 1 is 1.05 bits per heavy atom. The topological polar surface area (TPSA) is 58.2 Å². The van der Waals surface area contributed by atoms with Crippen LogP contribution in [0, 0.1) is 11.8 Å². The van der Waals surface area contributed by atoms with Crippen molar-refractivity contribution in [2.45, 2.75) is 71.6 Å². The largest absolute Gasteiger partial charge is 0.356 e. The molecule has 0 radical (unpaired) electrons. The summed E-state index contributed by atoms with van der Waals surface area (Å²) in [6, 6.07) is 0. The predicted molar refractivity (Wildman–Crippen MR) is 85.9 cm³/mol. The number of nitrogens with one attached hydrogen (secondary N) is 2. The molecule has 122 valence electrons. The van der Waals surface area contributed by atoms with Crippen molar-refractivity contribution < 1.29 is 9.59 Å². The molecule has 2 atom stereocenters. The van der Waals surface area contributed by atoms with Crippen molar-refractivity contribution in [1.82, 2.24) is 10.6 Å². The van der Waals surface area contributed by atoms with Gasteiger partial charge in [-0.2, -0.15) is 0 Å². The van der Waals surface area contributed by atoms with Crippen LogP contribution < -0.4 is 10.6 Å². The highest BCUT2D eigenvalue weighted by atomic mass is 16.2. The van der Waals surface area contributed by atoms with E-state index in [2.05, 4.69) is 17.6 Å². The average molecular weight is 296 g/mol. The van der Waals surface area contributed by atoms with Gasteiger partial charge in [-0.3, -0.25) is 9.59 Å². The Bertz CT molecular complexity index is 318. The molecule has 0 bridgehead atoms. The first-order chi connectivity index (χ1) is 10.1. The molecule has 0 aromatic carbocycles. The van der Waals surface area contributed by atoms with Crippen LogP contribution >= 0.6 is 0 Å². The molecule has 2 N–H and O–H groups in total. The fourth-order valence-corrected chi connectivity index (χ4v) is 3.18. The molecule has 1 saturated carbocycles. The molecule has 1 aliphatic carbocycles. The van der Waals surface area contributed by atoms with Crippen LogP contribution in [-0.4, -0.2) is 24.9 Å². The van der Waals surface area contributed by atoms with Crippen LogP contribution in [0.1, 0.15) is 71.6 Å². The number of carbonyl (C=O) groups excluding carboxylic acids is 2. The first-order valence-electron chi connectivity index (χ1n) is 8.63. The molecule has 0 aliphatic heterocycles. The first kappa shape index (κ1) is 18.0. The second-order valence-corrected chi connectivity index (χ2v) is 6.45. The SMILES string of the molecule is CCCCCCNC(=O)CC1CCCC(CNC(C)=O)C1. The van der Waals surface area contributed by atoms with Gasteiger partial charge < -0.3 is 10.6 Å². The van der Waals surface area contributed by atoms with Gasteiger partial charge in [0.1, 0.15) is 0 Å². The van der Waals surface area contributed by atoms with Crippen molar-refractivity contribution in [3.8, 4) is 0 Å². The third kappa shape index (κ3) is 8.74. The van der Waals surface area contributed by atoms with Crippen LogP contribution in [0.2, 0.25) is 0 Å². The minimum atomic E-state index is 0.0435. The number of unbranched alkanes of at least 4 members (excludes halogenated alkanes) is 3. The van der Waals surface area contributed by atoms with E-state index in [9.17, 15) is 9.59 Å². The van der Waals surface area contributed by atoms with Gasteiger partial charge in [-0.1, -0.05) is 32.6 Å². The van der Waals surface area contributed by atoms with Crippen LogP contribution in [0.4, 0.5) is 0 Å². The number of hydrogen-bond acceptors (Lipinski definition) is 2. The van der Waals surface area contributed by atoms with Crippen molar-refractivity contribution in [3.05, 3.63) is 0 Å². The van der Waals surface area contributed by atoms with E-state index in [4.69, 9.17) is 0 Å². The van der Waals surface area contributed by atoms with Gasteiger partial charge in [0.05, 0.1) is 0 Å². The molecule has 4 heteroatoms. The summed E-state index contributed by atoms with van der Waals surface area (Å²) in [5.41, 5.74) is 0. The summed E-state index contributed by atoms with van der Waals surface area (Å²) in [5.74, 6) is 1.29. The number of hydrogen-bond donors (Lipinski definition) is 2. The van der Waals surface area contributed by atoms with Gasteiger partial charge in [-0.05, 0) is 37.5 Å². The third-order valence-electron chi connectivity index (χ3n) is 4.36. The number of carbonyl (C=O) groups is 2. The molecule has 1 aliphatic rings. The number of amides is 2. The van der Waals surface area contributed by atoms with Gasteiger partial charge in [0.2, 0.25) is 11.8 Å². The molecular formula is C17H32N2O2. The highest BCUT2D eigenvalue weighted by Gasteiger charge is 2.23. The van der Waals surface area contributed by atoms with Crippen LogP contribution in [0.15, 0.2) is 0 Å². The quantitative estimate of drug-likeness (QED) is 0.643. The Balaban J connectivity index is 2.15. The lowest BCUT2D eigenvalue weighted by molar-refractivity contribution is -0.122. The standard InChI is InChI=1S/C17H32N2O2/c1-3-4-5-6-10-18-17(21)12-15-8-7-9-16(11-15)13-19-14(2)20/h15-16H,3-13H2,1-2H3,(H,18,21)(H,19,20). The second-order valence-electron chi connectivity index (χ2n) is 6.45. The van der Waals surface area contributed by atoms with Gasteiger partial charge in [0.15, 0.2) is 0 Å². The molecule has 0 saturated heterocycles. The van der Waals surface area contributed by atoms with Crippen LogP contribution in [0.25, 0.3) is 0 Å². The van der Waals surface area contributed by atoms with E-state index in [-0.39, 0.29) is 11.8 Å². The molecule has 2 amide bonds. The second kappa shape index (κ2) is 10.6. The molecule has 0 heterocycles. The van der Waals surface area contributed by atoms with Crippen molar-refractivity contribution in [2.75, 3.05) is 13.1 Å². The average Bonchev–Trinajstić information content (AvgIpc) is 2.45. The summed E-state index contributed by atoms with van der Waals surface area (Å²) in [6.07, 6.45) is 10.0. The van der Waals surface area contributed by atoms with E-state index >= 15 is 0 Å². The van der Waals surface area contributed by atoms with Gasteiger partial charge in [-0.25, -0.2) is 0 Å². The van der Waals surface area contributed by atoms with E-state index < -0.39 is 0 Å². The van der Waals surface area contributed by atoms with Gasteiger partial charge in [0, 0.05) is 26.4 Å². The predicted octanol–water partition coefficient (Wildman–Crippen LogP) is 3.02. The normalized spacial score (nSPS) is 21.8. The zero-order valence-electron chi connectivity index (χ0n) is 13.7. The highest BCUT2D eigenvalue weighted by molar-refractivity contribution is 5.76. The van der Waals surface area contributed by atoms with Gasteiger partial charge in [0.25, 0.3) is 0 Å². The maximum atomic E-state index is 11.9. The minimum absolute atomic E-state index is 0.0435. The Kier molecular flexibility index (Phi) is 9.11. The van der Waals surface area contributed by atoms with E-state index in [1.165, 1.54) is 32.1 Å². The molecule has 0 aromatic heterocycles. The Morgan fingerprint density at radius 2 is 1.81 bits per heavy atom. The summed E-state index contributed by atoms with van der Waals surface area (Å²) in [6.45, 7) is 5.34. The van der Waals surface area contributed by atoms with Crippen LogP contribution in [0.5, 0.6) is 0 Å². The lowest BCUT2D eigenvalue weighted by Crippen LogP contribution is -2.32. The van der Waals surface area contributed by atoms with E-state index in [1.807, 2.05) is 0 Å². The maximum Gasteiger partial charge on any atom is 0.220 e. The van der Waals surface area contributed by atoms with Crippen molar-refractivity contribution in [3.63, 3.8) is 0 Å². The van der Waals surface area contributed by atoms with Crippen LogP contribution in [0.3, 0.4) is 0 Å². The van der Waals surface area contributed by atoms with Gasteiger partial charge >= 0.3 is 0 Å². The maximum absolute atomic E-state index is 11.9. The van der Waals surface area contributed by atoms with E-state index in [0.717, 1.165) is 32.4 Å². The summed E-state index contributed by atoms with van der Waals surface area (Å²) in [5, 5.41) is 5.95. The fourth-order valence-electron chi connectivity index (χ4n) is 3.18. The Morgan fingerprint density at radius 3 is 2.52 bits per heavy atom. The summed E-state index contributed by atoms with van der Waals surface area (Å²) < 4.78 is 0. The summed E-state index contributed by atoms with van der Waals surface area (Å²) in [4.78, 5) is 22.9. The van der Waals surface area contributed by atoms with Crippen LogP contribution in [-0.2, 0) is 9.59 Å². The van der Waals surface area contributed by atoms with E-state index in [1.54, 1.807) is 6.92 Å². The van der Waals surface area contributed by atoms with Crippen molar-refractivity contribution in [2.24, 2.45) is 11.8 Å². The summed E-state index contributed by atoms with van der Waals surface area (Å²) in [7, 11) is 0. The highest BCUT2D eigenvalue weighted by Crippen LogP contribution is 2.30. The van der Waals surface area contributed by atoms with Crippen molar-refractivity contribution >= 4 is 11.8 Å². The molecule has 1 fully saturated rings. The minimum Gasteiger partial charge on any atom is -0.356 e. The Labute approximate surface area is 129 Å². The lowest BCUT2D eigenvalue weighted by Gasteiger charge is -2.28. The van der Waals surface area contributed by atoms with Crippen molar-refractivity contribution in [1.29, 1.82) is 0 Å². The van der Waals surface area contributed by atoms with Gasteiger partial charge in [-0.15, -0.1) is 0 Å². The monoisotopic (exact) mass is 296 g/mol. The molecule has 0 aromatic rings. The molecular weight excluding hydrogens is 264 g/mol. The smallest absolute Gasteiger partial charge is 0.220 e. The lowest BCUT2D eigenvalue weighted by atomic mass is 9.79. The third-order valence-corrected chi connectivity index (χ3v) is 4.36. The zero-order valence-corrected chi connectivity index (χ0v) is 13.7. The fraction of sp³-hybridized carbons (Fsp3) is 0.882. The van der Waals surface area contributed by atoms with E-state index in [0.29, 0.717) is 18.3 Å². The molecule has 1 rings (SSSR count). The molecule has 0 spiro atoms. The molecule has 4 nitrogen and oxygen atoms in total. The first-order valence-corrected chi connectivity index (χ1v) is 8.63.